The molecule has 5 rings (SSSR count). The Bertz CT molecular complexity index is 814. The molecule has 32 heavy (non-hydrogen) atoms. The van der Waals surface area contributed by atoms with Crippen LogP contribution in [0.15, 0.2) is 12.2 Å². The zero-order valence-corrected chi connectivity index (χ0v) is 21.7. The average Bonchev–Trinajstić information content (AvgIpc) is 3.12. The zero-order chi connectivity index (χ0) is 23.3. The maximum absolute atomic E-state index is 12.6. The minimum absolute atomic E-state index is 0.0157. The highest BCUT2D eigenvalue weighted by atomic mass is 16.3. The fourth-order valence-corrected chi connectivity index (χ4v) is 11.4. The van der Waals surface area contributed by atoms with Gasteiger partial charge in [-0.2, -0.15) is 0 Å². The third kappa shape index (κ3) is 2.60. The molecule has 10 atom stereocenters. The average molecular weight is 441 g/mol. The lowest BCUT2D eigenvalue weighted by Crippen LogP contribution is -2.66. The van der Waals surface area contributed by atoms with Crippen LogP contribution >= 0.6 is 0 Å². The molecule has 2 nitrogen and oxygen atoms in total. The van der Waals surface area contributed by atoms with Gasteiger partial charge in [0, 0.05) is 5.41 Å². The molecule has 5 saturated carbocycles. The highest BCUT2D eigenvalue weighted by Gasteiger charge is 2.70. The van der Waals surface area contributed by atoms with Crippen LogP contribution in [-0.2, 0) is 4.79 Å². The number of aliphatic hydroxyl groups excluding tert-OH is 1. The maximum atomic E-state index is 12.6. The lowest BCUT2D eigenvalue weighted by Gasteiger charge is -2.72. The lowest BCUT2D eigenvalue weighted by molar-refractivity contribution is -0.245. The number of carbonyl (C=O) groups is 1. The van der Waals surface area contributed by atoms with Gasteiger partial charge in [0.1, 0.15) is 6.29 Å². The van der Waals surface area contributed by atoms with Crippen LogP contribution in [0.2, 0.25) is 0 Å². The standard InChI is InChI=1S/C30H48O2/c1-19(2)20-10-15-30(18-31)17-16-28(6)21(25(20)30)8-9-23-27(5)13-12-24(32)26(3,4)22(27)11-14-29(23,28)7/h18,20-25,32H,1,8-17H2,2-7H3/t20-,21-,22-,23-,24-,25-,27+,28-,29-,30-/m0/s1. The molecule has 1 N–H and O–H groups in total. The van der Waals surface area contributed by atoms with Crippen molar-refractivity contribution in [1.82, 2.24) is 0 Å². The van der Waals surface area contributed by atoms with E-state index in [0.717, 1.165) is 31.6 Å². The quantitative estimate of drug-likeness (QED) is 0.364. The molecule has 0 aromatic carbocycles. The van der Waals surface area contributed by atoms with E-state index in [-0.39, 0.29) is 16.9 Å². The van der Waals surface area contributed by atoms with E-state index in [9.17, 15) is 9.90 Å². The number of aliphatic hydroxyl groups is 1. The molecule has 0 bridgehead atoms. The number of hydrogen-bond acceptors (Lipinski definition) is 2. The van der Waals surface area contributed by atoms with Gasteiger partial charge in [-0.3, -0.25) is 0 Å². The smallest absolute Gasteiger partial charge is 0.126 e. The molecule has 0 unspecified atom stereocenters. The summed E-state index contributed by atoms with van der Waals surface area (Å²) in [5, 5.41) is 10.9. The number of carbonyl (C=O) groups excluding carboxylic acids is 1. The van der Waals surface area contributed by atoms with Crippen molar-refractivity contribution in [1.29, 1.82) is 0 Å². The summed E-state index contributed by atoms with van der Waals surface area (Å²) in [7, 11) is 0. The van der Waals surface area contributed by atoms with Gasteiger partial charge in [0.05, 0.1) is 6.10 Å². The minimum Gasteiger partial charge on any atom is -0.393 e. The molecule has 180 valence electrons. The predicted octanol–water partition coefficient (Wildman–Crippen LogP) is 7.20. The van der Waals surface area contributed by atoms with Gasteiger partial charge in [0.25, 0.3) is 0 Å². The molecule has 2 heteroatoms. The van der Waals surface area contributed by atoms with E-state index in [1.165, 1.54) is 50.4 Å². The molecule has 0 aliphatic heterocycles. The second-order valence-corrected chi connectivity index (χ2v) is 14.4. The third-order valence-electron chi connectivity index (χ3n) is 13.3. The summed E-state index contributed by atoms with van der Waals surface area (Å²) in [5.41, 5.74) is 2.20. The van der Waals surface area contributed by atoms with Crippen LogP contribution in [0, 0.1) is 56.7 Å². The highest BCUT2D eigenvalue weighted by molar-refractivity contribution is 5.62. The summed E-state index contributed by atoms with van der Waals surface area (Å²) in [4.78, 5) is 12.6. The second kappa shape index (κ2) is 6.96. The fraction of sp³-hybridized carbons (Fsp3) is 0.900. The minimum atomic E-state index is -0.158. The first-order valence-corrected chi connectivity index (χ1v) is 13.7. The molecular formula is C30H48O2. The highest BCUT2D eigenvalue weighted by Crippen LogP contribution is 2.77. The second-order valence-electron chi connectivity index (χ2n) is 14.4. The topological polar surface area (TPSA) is 37.3 Å². The number of allylic oxidation sites excluding steroid dienone is 1. The Balaban J connectivity index is 1.56. The monoisotopic (exact) mass is 440 g/mol. The summed E-state index contributed by atoms with van der Waals surface area (Å²) >= 11 is 0. The molecule has 0 saturated heterocycles. The molecular weight excluding hydrogens is 392 g/mol. The van der Waals surface area contributed by atoms with Crippen molar-refractivity contribution in [2.24, 2.45) is 56.7 Å². The Morgan fingerprint density at radius 3 is 2.22 bits per heavy atom. The van der Waals surface area contributed by atoms with Crippen molar-refractivity contribution in [2.75, 3.05) is 0 Å². The van der Waals surface area contributed by atoms with Crippen LogP contribution in [-0.4, -0.2) is 17.5 Å². The zero-order valence-electron chi connectivity index (χ0n) is 21.7. The summed E-state index contributed by atoms with van der Waals surface area (Å²) in [6.07, 6.45) is 13.1. The molecule has 0 aromatic rings. The van der Waals surface area contributed by atoms with Crippen LogP contribution < -0.4 is 0 Å². The normalized spacial score (nSPS) is 56.3. The molecule has 0 amide bonds. The van der Waals surface area contributed by atoms with E-state index in [0.29, 0.717) is 39.9 Å². The summed E-state index contributed by atoms with van der Waals surface area (Å²) in [6, 6.07) is 0. The molecule has 0 heterocycles. The van der Waals surface area contributed by atoms with E-state index >= 15 is 0 Å². The number of fused-ring (bicyclic) bond motifs is 7. The van der Waals surface area contributed by atoms with Crippen molar-refractivity contribution in [2.45, 2.75) is 112 Å². The third-order valence-corrected chi connectivity index (χ3v) is 13.3. The van der Waals surface area contributed by atoms with E-state index in [4.69, 9.17) is 0 Å². The number of aldehydes is 1. The Morgan fingerprint density at radius 1 is 0.844 bits per heavy atom. The van der Waals surface area contributed by atoms with Crippen molar-refractivity contribution in [3.05, 3.63) is 12.2 Å². The Morgan fingerprint density at radius 2 is 1.56 bits per heavy atom. The van der Waals surface area contributed by atoms with Crippen LogP contribution in [0.25, 0.3) is 0 Å². The van der Waals surface area contributed by atoms with Gasteiger partial charge in [0.2, 0.25) is 0 Å². The Kier molecular flexibility index (Phi) is 5.03. The van der Waals surface area contributed by atoms with Gasteiger partial charge in [0.15, 0.2) is 0 Å². The van der Waals surface area contributed by atoms with Gasteiger partial charge in [-0.05, 0) is 122 Å². The molecule has 0 aromatic heterocycles. The van der Waals surface area contributed by atoms with Crippen LogP contribution in [0.5, 0.6) is 0 Å². The van der Waals surface area contributed by atoms with Gasteiger partial charge in [-0.25, -0.2) is 0 Å². The molecule has 0 spiro atoms. The van der Waals surface area contributed by atoms with Gasteiger partial charge < -0.3 is 9.90 Å². The van der Waals surface area contributed by atoms with Crippen molar-refractivity contribution in [3.8, 4) is 0 Å². The van der Waals surface area contributed by atoms with Gasteiger partial charge >= 0.3 is 0 Å². The first-order chi connectivity index (χ1) is 14.9. The van der Waals surface area contributed by atoms with E-state index in [2.05, 4.69) is 48.1 Å². The van der Waals surface area contributed by atoms with E-state index in [1.54, 1.807) is 0 Å². The van der Waals surface area contributed by atoms with Crippen LogP contribution in [0.3, 0.4) is 0 Å². The Hall–Kier alpha value is -0.630. The van der Waals surface area contributed by atoms with Gasteiger partial charge in [-0.15, -0.1) is 0 Å². The van der Waals surface area contributed by atoms with E-state index < -0.39 is 0 Å². The van der Waals surface area contributed by atoms with Crippen LogP contribution in [0.4, 0.5) is 0 Å². The van der Waals surface area contributed by atoms with Crippen molar-refractivity contribution < 1.29 is 9.90 Å². The summed E-state index contributed by atoms with van der Waals surface area (Å²) in [5.74, 6) is 3.03. The SMILES string of the molecule is C=C(C)[C@@H]1CC[C@@]2(C=O)CC[C@@]3(C)[C@@H](CC[C@H]4[C@]5(C)CC[C@H](O)C(C)(C)[C@@H]5CC[C@@]43C)[C@H]12. The molecule has 5 aliphatic rings. The summed E-state index contributed by atoms with van der Waals surface area (Å²) < 4.78 is 0. The largest absolute Gasteiger partial charge is 0.393 e. The molecule has 0 radical (unpaired) electrons. The number of hydrogen-bond donors (Lipinski definition) is 1. The summed E-state index contributed by atoms with van der Waals surface area (Å²) in [6.45, 7) is 19.2. The Labute approximate surface area is 197 Å². The van der Waals surface area contributed by atoms with Crippen LogP contribution in [0.1, 0.15) is 106 Å². The van der Waals surface area contributed by atoms with Crippen molar-refractivity contribution in [3.63, 3.8) is 0 Å². The van der Waals surface area contributed by atoms with Crippen molar-refractivity contribution >= 4 is 6.29 Å². The fourth-order valence-electron chi connectivity index (χ4n) is 11.4. The van der Waals surface area contributed by atoms with Gasteiger partial charge in [-0.1, -0.05) is 46.8 Å². The number of rotatable bonds is 2. The van der Waals surface area contributed by atoms with E-state index in [1.807, 2.05) is 0 Å². The predicted molar refractivity (Wildman–Crippen MR) is 131 cm³/mol. The first kappa shape index (κ1) is 23.1. The lowest BCUT2D eigenvalue weighted by atomic mass is 9.32. The molecule has 5 fully saturated rings. The maximum Gasteiger partial charge on any atom is 0.126 e. The first-order valence-electron chi connectivity index (χ1n) is 13.7. The molecule has 5 aliphatic carbocycles.